The Kier molecular flexibility index (Phi) is 3.64. The number of hydrogen-bond acceptors (Lipinski definition) is 3. The number of phenolic OH excluding ortho intramolecular Hbond substituents is 1. The molecule has 0 aromatic heterocycles. The summed E-state index contributed by atoms with van der Waals surface area (Å²) in [7, 11) is 0. The monoisotopic (exact) mass is 235 g/mol. The van der Waals surface area contributed by atoms with Gasteiger partial charge in [0, 0.05) is 12.1 Å². The van der Waals surface area contributed by atoms with Gasteiger partial charge in [0.25, 0.3) is 0 Å². The van der Waals surface area contributed by atoms with Crippen LogP contribution in [0.15, 0.2) is 24.3 Å². The van der Waals surface area contributed by atoms with Crippen LogP contribution in [0.2, 0.25) is 0 Å². The third-order valence-corrected chi connectivity index (χ3v) is 3.01. The van der Waals surface area contributed by atoms with Crippen LogP contribution in [0, 0.1) is 5.92 Å². The van der Waals surface area contributed by atoms with Gasteiger partial charge in [0.1, 0.15) is 5.75 Å². The van der Waals surface area contributed by atoms with Crippen molar-refractivity contribution in [3.63, 3.8) is 0 Å². The number of benzene rings is 1. The zero-order valence-corrected chi connectivity index (χ0v) is 9.85. The first-order valence-electron chi connectivity index (χ1n) is 5.83. The van der Waals surface area contributed by atoms with Crippen LogP contribution in [0.4, 0.5) is 0 Å². The molecule has 2 rings (SSSR count). The average molecular weight is 235 g/mol. The summed E-state index contributed by atoms with van der Waals surface area (Å²) in [5, 5.41) is 12.4. The molecule has 4 nitrogen and oxygen atoms in total. The molecule has 1 fully saturated rings. The molecule has 1 amide bonds. The van der Waals surface area contributed by atoms with Crippen molar-refractivity contribution in [1.82, 2.24) is 5.32 Å². The molecule has 2 atom stereocenters. The van der Waals surface area contributed by atoms with E-state index in [0.717, 1.165) is 12.0 Å². The van der Waals surface area contributed by atoms with Gasteiger partial charge in [-0.1, -0.05) is 18.2 Å². The zero-order valence-electron chi connectivity index (χ0n) is 9.85. The predicted octanol–water partition coefficient (Wildman–Crippen LogP) is 1.43. The predicted molar refractivity (Wildman–Crippen MR) is 63.5 cm³/mol. The van der Waals surface area contributed by atoms with Gasteiger partial charge in [-0.15, -0.1) is 0 Å². The minimum Gasteiger partial charge on any atom is -0.508 e. The van der Waals surface area contributed by atoms with Crippen LogP contribution in [-0.2, 0) is 16.1 Å². The lowest BCUT2D eigenvalue weighted by molar-refractivity contribution is -0.125. The first kappa shape index (κ1) is 11.9. The highest BCUT2D eigenvalue weighted by molar-refractivity contribution is 5.79. The number of amides is 1. The van der Waals surface area contributed by atoms with Crippen molar-refractivity contribution in [2.45, 2.75) is 26.0 Å². The summed E-state index contributed by atoms with van der Waals surface area (Å²) in [6.45, 7) is 2.82. The Hall–Kier alpha value is -1.55. The van der Waals surface area contributed by atoms with Crippen LogP contribution in [0.5, 0.6) is 5.75 Å². The molecule has 0 saturated carbocycles. The highest BCUT2D eigenvalue weighted by Gasteiger charge is 2.27. The lowest BCUT2D eigenvalue weighted by Gasteiger charge is -2.10. The summed E-state index contributed by atoms with van der Waals surface area (Å²) >= 11 is 0. The number of nitrogens with one attached hydrogen (secondary N) is 1. The van der Waals surface area contributed by atoms with Gasteiger partial charge >= 0.3 is 0 Å². The molecule has 4 heteroatoms. The second-order valence-corrected chi connectivity index (χ2v) is 4.42. The smallest absolute Gasteiger partial charge is 0.225 e. The van der Waals surface area contributed by atoms with Crippen molar-refractivity contribution < 1.29 is 14.6 Å². The van der Waals surface area contributed by atoms with Gasteiger partial charge in [-0.2, -0.15) is 0 Å². The first-order chi connectivity index (χ1) is 8.16. The number of ether oxygens (including phenoxy) is 1. The van der Waals surface area contributed by atoms with Crippen LogP contribution < -0.4 is 5.32 Å². The van der Waals surface area contributed by atoms with E-state index in [1.165, 1.54) is 0 Å². The van der Waals surface area contributed by atoms with Crippen LogP contribution >= 0.6 is 0 Å². The number of carbonyl (C=O) groups excluding carboxylic acids is 1. The number of para-hydroxylation sites is 1. The number of aromatic hydroxyl groups is 1. The highest BCUT2D eigenvalue weighted by atomic mass is 16.5. The molecule has 0 bridgehead atoms. The fraction of sp³-hybridized carbons (Fsp3) is 0.462. The van der Waals surface area contributed by atoms with Crippen molar-refractivity contribution in [3.8, 4) is 5.75 Å². The second kappa shape index (κ2) is 5.19. The number of rotatable bonds is 3. The van der Waals surface area contributed by atoms with E-state index >= 15 is 0 Å². The van der Waals surface area contributed by atoms with Gasteiger partial charge in [-0.25, -0.2) is 0 Å². The van der Waals surface area contributed by atoms with E-state index in [-0.39, 0.29) is 23.7 Å². The van der Waals surface area contributed by atoms with Crippen molar-refractivity contribution in [3.05, 3.63) is 29.8 Å². The summed E-state index contributed by atoms with van der Waals surface area (Å²) in [6, 6.07) is 7.00. The zero-order chi connectivity index (χ0) is 12.3. The first-order valence-corrected chi connectivity index (χ1v) is 5.83. The Balaban J connectivity index is 1.86. The van der Waals surface area contributed by atoms with E-state index in [4.69, 9.17) is 4.74 Å². The topological polar surface area (TPSA) is 58.6 Å². The molecule has 1 saturated heterocycles. The lowest BCUT2D eigenvalue weighted by Crippen LogP contribution is -2.30. The molecule has 0 spiro atoms. The molecule has 1 aromatic rings. The molecule has 1 aliphatic heterocycles. The summed E-state index contributed by atoms with van der Waals surface area (Å²) in [6.07, 6.45) is 0.933. The van der Waals surface area contributed by atoms with E-state index < -0.39 is 0 Å². The van der Waals surface area contributed by atoms with Gasteiger partial charge in [0.15, 0.2) is 0 Å². The van der Waals surface area contributed by atoms with E-state index in [9.17, 15) is 9.90 Å². The van der Waals surface area contributed by atoms with Crippen LogP contribution in [0.3, 0.4) is 0 Å². The summed E-state index contributed by atoms with van der Waals surface area (Å²) in [4.78, 5) is 11.8. The fourth-order valence-electron chi connectivity index (χ4n) is 1.99. The number of phenols is 1. The third-order valence-electron chi connectivity index (χ3n) is 3.01. The number of hydrogen-bond donors (Lipinski definition) is 2. The minimum absolute atomic E-state index is 0.00222. The lowest BCUT2D eigenvalue weighted by atomic mass is 10.1. The summed E-state index contributed by atoms with van der Waals surface area (Å²) in [5.41, 5.74) is 0.729. The summed E-state index contributed by atoms with van der Waals surface area (Å²) < 4.78 is 5.35. The third kappa shape index (κ3) is 2.97. The van der Waals surface area contributed by atoms with Crippen molar-refractivity contribution in [2.75, 3.05) is 6.61 Å². The molecule has 2 N–H and O–H groups in total. The standard InChI is InChI=1S/C13H17NO3/c1-9-6-11(8-17-9)13(16)14-7-10-4-2-3-5-12(10)15/h2-5,9,11,15H,6-8H2,1H3,(H,14,16). The highest BCUT2D eigenvalue weighted by Crippen LogP contribution is 2.20. The molecule has 1 heterocycles. The summed E-state index contributed by atoms with van der Waals surface area (Å²) in [5.74, 6) is 0.150. The van der Waals surface area contributed by atoms with Gasteiger partial charge in [0.05, 0.1) is 18.6 Å². The SMILES string of the molecule is CC1CC(C(=O)NCc2ccccc2O)CO1. The van der Waals surface area contributed by atoms with Crippen molar-refractivity contribution in [2.24, 2.45) is 5.92 Å². The van der Waals surface area contributed by atoms with E-state index in [2.05, 4.69) is 5.32 Å². The quantitative estimate of drug-likeness (QED) is 0.833. The maximum Gasteiger partial charge on any atom is 0.225 e. The Morgan fingerprint density at radius 1 is 1.53 bits per heavy atom. The van der Waals surface area contributed by atoms with Gasteiger partial charge in [-0.3, -0.25) is 4.79 Å². The van der Waals surface area contributed by atoms with Gasteiger partial charge < -0.3 is 15.2 Å². The molecule has 17 heavy (non-hydrogen) atoms. The van der Waals surface area contributed by atoms with Gasteiger partial charge in [0.2, 0.25) is 5.91 Å². The maximum absolute atomic E-state index is 11.8. The molecular weight excluding hydrogens is 218 g/mol. The maximum atomic E-state index is 11.8. The normalized spacial score (nSPS) is 23.6. The molecule has 92 valence electrons. The van der Waals surface area contributed by atoms with E-state index in [1.807, 2.05) is 13.0 Å². The molecule has 1 aromatic carbocycles. The van der Waals surface area contributed by atoms with E-state index in [0.29, 0.717) is 13.2 Å². The van der Waals surface area contributed by atoms with Crippen molar-refractivity contribution in [1.29, 1.82) is 0 Å². The Bertz CT molecular complexity index is 405. The molecule has 2 unspecified atom stereocenters. The molecule has 0 radical (unpaired) electrons. The van der Waals surface area contributed by atoms with Gasteiger partial charge in [-0.05, 0) is 19.4 Å². The Labute approximate surface area is 101 Å². The fourth-order valence-corrected chi connectivity index (χ4v) is 1.99. The number of carbonyl (C=O) groups is 1. The molecule has 0 aliphatic carbocycles. The van der Waals surface area contributed by atoms with Crippen LogP contribution in [0.1, 0.15) is 18.9 Å². The van der Waals surface area contributed by atoms with Crippen LogP contribution in [0.25, 0.3) is 0 Å². The molecule has 1 aliphatic rings. The van der Waals surface area contributed by atoms with Crippen LogP contribution in [-0.4, -0.2) is 23.7 Å². The molecular formula is C13H17NO3. The Morgan fingerprint density at radius 2 is 2.29 bits per heavy atom. The Morgan fingerprint density at radius 3 is 2.94 bits per heavy atom. The van der Waals surface area contributed by atoms with Crippen molar-refractivity contribution >= 4 is 5.91 Å². The largest absolute Gasteiger partial charge is 0.508 e. The minimum atomic E-state index is -0.0594. The van der Waals surface area contributed by atoms with E-state index in [1.54, 1.807) is 18.2 Å². The average Bonchev–Trinajstić information content (AvgIpc) is 2.74. The second-order valence-electron chi connectivity index (χ2n) is 4.42.